The molecule has 0 fully saturated rings. The molecule has 0 aliphatic heterocycles. The Morgan fingerprint density at radius 3 is 1.77 bits per heavy atom. The predicted molar refractivity (Wildman–Crippen MR) is 91.6 cm³/mol. The van der Waals surface area contributed by atoms with Crippen molar-refractivity contribution >= 4 is 11.6 Å². The molecular weight excluding hydrogens is 445 g/mol. The number of amides is 1. The van der Waals surface area contributed by atoms with Crippen LogP contribution in [-0.2, 0) is 18.5 Å². The SMILES string of the molecule is CCCOc1ccc(C(F)(F)F)cc1NC(=O)c1cc(C(F)(F)F)cc(C(F)(F)F)c1. The quantitative estimate of drug-likeness (QED) is 0.501. The molecule has 3 nitrogen and oxygen atoms in total. The lowest BCUT2D eigenvalue weighted by Gasteiger charge is -2.17. The maximum Gasteiger partial charge on any atom is 0.416 e. The van der Waals surface area contributed by atoms with Crippen LogP contribution in [0.1, 0.15) is 40.4 Å². The maximum atomic E-state index is 13.0. The Morgan fingerprint density at radius 1 is 0.806 bits per heavy atom. The summed E-state index contributed by atoms with van der Waals surface area (Å²) in [5.41, 5.74) is -6.27. The van der Waals surface area contributed by atoms with E-state index < -0.39 is 52.4 Å². The molecule has 0 aliphatic rings. The van der Waals surface area contributed by atoms with Gasteiger partial charge in [-0.05, 0) is 42.8 Å². The van der Waals surface area contributed by atoms with Crippen LogP contribution in [0.15, 0.2) is 36.4 Å². The third-order valence-electron chi connectivity index (χ3n) is 3.87. The number of hydrogen-bond acceptors (Lipinski definition) is 2. The van der Waals surface area contributed by atoms with Crippen molar-refractivity contribution in [1.82, 2.24) is 0 Å². The molecule has 1 amide bonds. The summed E-state index contributed by atoms with van der Waals surface area (Å²) in [6.07, 6.45) is -14.8. The second-order valence-electron chi connectivity index (χ2n) is 6.31. The molecule has 1 N–H and O–H groups in total. The summed E-state index contributed by atoms with van der Waals surface area (Å²) < 4.78 is 122. The van der Waals surface area contributed by atoms with Crippen molar-refractivity contribution in [3.63, 3.8) is 0 Å². The number of halogens is 9. The van der Waals surface area contributed by atoms with Crippen LogP contribution in [0, 0.1) is 0 Å². The number of alkyl halides is 9. The van der Waals surface area contributed by atoms with Gasteiger partial charge in [0.25, 0.3) is 5.91 Å². The molecule has 170 valence electrons. The van der Waals surface area contributed by atoms with Crippen LogP contribution < -0.4 is 10.1 Å². The Morgan fingerprint density at radius 2 is 1.32 bits per heavy atom. The first-order valence-electron chi connectivity index (χ1n) is 8.57. The van der Waals surface area contributed by atoms with Gasteiger partial charge in [-0.2, -0.15) is 39.5 Å². The first kappa shape index (κ1) is 24.4. The number of rotatable bonds is 5. The van der Waals surface area contributed by atoms with Crippen LogP contribution in [0.5, 0.6) is 5.75 Å². The molecule has 2 aromatic rings. The van der Waals surface area contributed by atoms with E-state index in [0.29, 0.717) is 18.6 Å². The lowest BCUT2D eigenvalue weighted by molar-refractivity contribution is -0.143. The highest BCUT2D eigenvalue weighted by molar-refractivity contribution is 6.05. The van der Waals surface area contributed by atoms with E-state index in [2.05, 4.69) is 0 Å². The summed E-state index contributed by atoms with van der Waals surface area (Å²) in [4.78, 5) is 12.4. The molecule has 0 saturated carbocycles. The fourth-order valence-electron chi connectivity index (χ4n) is 2.42. The lowest BCUT2D eigenvalue weighted by Crippen LogP contribution is -2.18. The van der Waals surface area contributed by atoms with E-state index in [1.165, 1.54) is 0 Å². The number of carbonyl (C=O) groups is 1. The minimum atomic E-state index is -5.19. The smallest absolute Gasteiger partial charge is 0.416 e. The molecule has 0 saturated heterocycles. The Bertz CT molecular complexity index is 915. The van der Waals surface area contributed by atoms with Gasteiger partial charge < -0.3 is 10.1 Å². The van der Waals surface area contributed by atoms with E-state index in [-0.39, 0.29) is 30.6 Å². The van der Waals surface area contributed by atoms with Gasteiger partial charge in [-0.1, -0.05) is 6.92 Å². The number of carbonyl (C=O) groups excluding carboxylic acids is 1. The highest BCUT2D eigenvalue weighted by Crippen LogP contribution is 2.38. The van der Waals surface area contributed by atoms with E-state index in [1.807, 2.05) is 5.32 Å². The number of nitrogens with one attached hydrogen (secondary N) is 1. The molecule has 31 heavy (non-hydrogen) atoms. The fraction of sp³-hybridized carbons (Fsp3) is 0.316. The Balaban J connectivity index is 2.50. The predicted octanol–water partition coefficient (Wildman–Crippen LogP) is 6.78. The molecule has 0 spiro atoms. The van der Waals surface area contributed by atoms with Crippen LogP contribution >= 0.6 is 0 Å². The number of hydrogen-bond donors (Lipinski definition) is 1. The molecule has 0 aromatic heterocycles. The summed E-state index contributed by atoms with van der Waals surface area (Å²) in [6.45, 7) is 1.72. The summed E-state index contributed by atoms with van der Waals surface area (Å²) in [5, 5.41) is 1.91. The standard InChI is InChI=1S/C19H14F9NO2/c1-2-5-31-15-4-3-11(17(20,21)22)9-14(15)29-16(30)10-6-12(18(23,24)25)8-13(7-10)19(26,27)28/h3-4,6-9H,2,5H2,1H3,(H,29,30). The molecule has 0 unspecified atom stereocenters. The van der Waals surface area contributed by atoms with Crippen molar-refractivity contribution in [3.8, 4) is 5.75 Å². The van der Waals surface area contributed by atoms with Gasteiger partial charge in [-0.3, -0.25) is 4.79 Å². The van der Waals surface area contributed by atoms with E-state index in [0.717, 1.165) is 6.07 Å². The van der Waals surface area contributed by atoms with Crippen LogP contribution in [0.4, 0.5) is 45.2 Å². The largest absolute Gasteiger partial charge is 0.491 e. The van der Waals surface area contributed by atoms with E-state index in [1.54, 1.807) is 6.92 Å². The molecule has 0 aliphatic carbocycles. The van der Waals surface area contributed by atoms with Gasteiger partial charge in [-0.15, -0.1) is 0 Å². The van der Waals surface area contributed by atoms with Gasteiger partial charge in [0.2, 0.25) is 0 Å². The third-order valence-corrected chi connectivity index (χ3v) is 3.87. The van der Waals surface area contributed by atoms with Crippen molar-refractivity contribution in [2.24, 2.45) is 0 Å². The van der Waals surface area contributed by atoms with Gasteiger partial charge in [-0.25, -0.2) is 0 Å². The first-order chi connectivity index (χ1) is 14.1. The molecule has 12 heteroatoms. The van der Waals surface area contributed by atoms with E-state index >= 15 is 0 Å². The van der Waals surface area contributed by atoms with Crippen LogP contribution in [0.3, 0.4) is 0 Å². The summed E-state index contributed by atoms with van der Waals surface area (Å²) in [5.74, 6) is -1.71. The average molecular weight is 459 g/mol. The Hall–Kier alpha value is -2.92. The Kier molecular flexibility index (Phi) is 6.81. The molecule has 0 atom stereocenters. The molecule has 0 radical (unpaired) electrons. The molecule has 0 bridgehead atoms. The summed E-state index contributed by atoms with van der Waals surface area (Å²) >= 11 is 0. The van der Waals surface area contributed by atoms with Crippen molar-refractivity contribution in [1.29, 1.82) is 0 Å². The minimum Gasteiger partial charge on any atom is -0.491 e. The monoisotopic (exact) mass is 459 g/mol. The van der Waals surface area contributed by atoms with Crippen LogP contribution in [0.25, 0.3) is 0 Å². The molecule has 0 heterocycles. The fourth-order valence-corrected chi connectivity index (χ4v) is 2.42. The van der Waals surface area contributed by atoms with Crippen LogP contribution in [-0.4, -0.2) is 12.5 Å². The van der Waals surface area contributed by atoms with Crippen LogP contribution in [0.2, 0.25) is 0 Å². The maximum absolute atomic E-state index is 13.0. The number of benzene rings is 2. The van der Waals surface area contributed by atoms with Gasteiger partial charge in [0.1, 0.15) is 5.75 Å². The van der Waals surface area contributed by atoms with E-state index in [4.69, 9.17) is 4.74 Å². The van der Waals surface area contributed by atoms with Crippen molar-refractivity contribution < 1.29 is 49.0 Å². The zero-order valence-electron chi connectivity index (χ0n) is 15.6. The molecular formula is C19H14F9NO2. The van der Waals surface area contributed by atoms with Gasteiger partial charge in [0.15, 0.2) is 0 Å². The molecule has 2 aromatic carbocycles. The topological polar surface area (TPSA) is 38.3 Å². The zero-order valence-corrected chi connectivity index (χ0v) is 15.6. The van der Waals surface area contributed by atoms with Gasteiger partial charge >= 0.3 is 18.5 Å². The van der Waals surface area contributed by atoms with Gasteiger partial charge in [0, 0.05) is 5.56 Å². The average Bonchev–Trinajstić information content (AvgIpc) is 2.64. The number of anilines is 1. The van der Waals surface area contributed by atoms with Crippen molar-refractivity contribution in [2.75, 3.05) is 11.9 Å². The zero-order chi connectivity index (χ0) is 23.6. The second-order valence-corrected chi connectivity index (χ2v) is 6.31. The molecule has 2 rings (SSSR count). The van der Waals surface area contributed by atoms with Crippen molar-refractivity contribution in [3.05, 3.63) is 58.7 Å². The van der Waals surface area contributed by atoms with Crippen molar-refractivity contribution in [2.45, 2.75) is 31.9 Å². The highest BCUT2D eigenvalue weighted by Gasteiger charge is 2.38. The number of ether oxygens (including phenoxy) is 1. The second kappa shape index (κ2) is 8.67. The third kappa shape index (κ3) is 6.28. The highest BCUT2D eigenvalue weighted by atomic mass is 19.4. The normalized spacial score (nSPS) is 12.6. The first-order valence-corrected chi connectivity index (χ1v) is 8.57. The van der Waals surface area contributed by atoms with E-state index in [9.17, 15) is 44.3 Å². The lowest BCUT2D eigenvalue weighted by atomic mass is 10.0. The minimum absolute atomic E-state index is 0.0377. The Labute approximate surface area is 169 Å². The summed E-state index contributed by atoms with van der Waals surface area (Å²) in [6, 6.07) is 2.20. The summed E-state index contributed by atoms with van der Waals surface area (Å²) in [7, 11) is 0. The van der Waals surface area contributed by atoms with Gasteiger partial charge in [0.05, 0.1) is 29.0 Å².